The molecule has 0 aromatic carbocycles. The van der Waals surface area contributed by atoms with Crippen molar-refractivity contribution in [1.82, 2.24) is 19.7 Å². The van der Waals surface area contributed by atoms with Crippen molar-refractivity contribution in [2.45, 2.75) is 6.18 Å². The highest BCUT2D eigenvalue weighted by Crippen LogP contribution is 2.33. The van der Waals surface area contributed by atoms with Crippen LogP contribution in [0.15, 0.2) is 55.1 Å². The molecule has 0 radical (unpaired) electrons. The first kappa shape index (κ1) is 13.3. The summed E-state index contributed by atoms with van der Waals surface area (Å²) in [6.45, 7) is 0. The van der Waals surface area contributed by atoms with E-state index in [2.05, 4.69) is 15.1 Å². The van der Waals surface area contributed by atoms with Gasteiger partial charge in [0, 0.05) is 24.2 Å². The first-order chi connectivity index (χ1) is 10.1. The maximum atomic E-state index is 13.2. The molecule has 0 saturated carbocycles. The molecular formula is C14H9F3N4. The summed E-state index contributed by atoms with van der Waals surface area (Å²) in [7, 11) is 0. The van der Waals surface area contributed by atoms with Gasteiger partial charge in [0.25, 0.3) is 0 Å². The summed E-state index contributed by atoms with van der Waals surface area (Å²) in [4.78, 5) is 7.72. The van der Waals surface area contributed by atoms with Crippen molar-refractivity contribution in [2.75, 3.05) is 0 Å². The van der Waals surface area contributed by atoms with E-state index in [1.807, 2.05) is 0 Å². The van der Waals surface area contributed by atoms with Gasteiger partial charge in [-0.2, -0.15) is 18.3 Å². The van der Waals surface area contributed by atoms with Crippen molar-refractivity contribution >= 4 is 0 Å². The Kier molecular flexibility index (Phi) is 3.17. The van der Waals surface area contributed by atoms with Crippen molar-refractivity contribution < 1.29 is 13.2 Å². The summed E-state index contributed by atoms with van der Waals surface area (Å²) >= 11 is 0. The summed E-state index contributed by atoms with van der Waals surface area (Å²) in [6.07, 6.45) is 1.32. The third-order valence-electron chi connectivity index (χ3n) is 2.85. The normalized spacial score (nSPS) is 11.6. The molecule has 0 saturated heterocycles. The second kappa shape index (κ2) is 5.01. The Labute approximate surface area is 117 Å². The molecule has 3 aromatic heterocycles. The molecule has 0 atom stereocenters. The molecule has 0 unspecified atom stereocenters. The van der Waals surface area contributed by atoms with Gasteiger partial charge in [0.1, 0.15) is 5.69 Å². The monoisotopic (exact) mass is 290 g/mol. The Hall–Kier alpha value is -2.70. The first-order valence-corrected chi connectivity index (χ1v) is 6.04. The third kappa shape index (κ3) is 2.62. The van der Waals surface area contributed by atoms with Gasteiger partial charge in [0.05, 0.1) is 17.6 Å². The maximum Gasteiger partial charge on any atom is 0.433 e. The van der Waals surface area contributed by atoms with E-state index in [0.717, 1.165) is 10.7 Å². The van der Waals surface area contributed by atoms with E-state index in [4.69, 9.17) is 0 Å². The lowest BCUT2D eigenvalue weighted by Gasteiger charge is -2.09. The van der Waals surface area contributed by atoms with Crippen LogP contribution in [0.3, 0.4) is 0 Å². The Morgan fingerprint density at radius 2 is 1.67 bits per heavy atom. The van der Waals surface area contributed by atoms with Crippen LogP contribution in [0.2, 0.25) is 0 Å². The largest absolute Gasteiger partial charge is 0.433 e. The van der Waals surface area contributed by atoms with E-state index < -0.39 is 11.9 Å². The van der Waals surface area contributed by atoms with Crippen LogP contribution in [0.25, 0.3) is 16.9 Å². The Balaban J connectivity index is 2.17. The fraction of sp³-hybridized carbons (Fsp3) is 0.0714. The number of rotatable bonds is 2. The molecule has 0 aliphatic rings. The fourth-order valence-corrected chi connectivity index (χ4v) is 1.91. The van der Waals surface area contributed by atoms with Crippen molar-refractivity contribution in [1.29, 1.82) is 0 Å². The highest BCUT2D eigenvalue weighted by Gasteiger charge is 2.36. The number of nitrogens with zero attached hydrogens (tertiary/aromatic N) is 4. The van der Waals surface area contributed by atoms with Gasteiger partial charge in [-0.15, -0.1) is 0 Å². The van der Waals surface area contributed by atoms with Crippen molar-refractivity contribution in [3.05, 3.63) is 60.8 Å². The summed E-state index contributed by atoms with van der Waals surface area (Å²) in [6, 6.07) is 7.38. The predicted molar refractivity (Wildman–Crippen MR) is 69.6 cm³/mol. The lowest BCUT2D eigenvalue weighted by molar-refractivity contribution is -0.142. The van der Waals surface area contributed by atoms with Crippen LogP contribution in [0.1, 0.15) is 5.69 Å². The van der Waals surface area contributed by atoms with Crippen LogP contribution in [-0.2, 0) is 6.18 Å². The number of hydrogen-bond donors (Lipinski definition) is 0. The van der Waals surface area contributed by atoms with Crippen molar-refractivity contribution in [2.24, 2.45) is 0 Å². The van der Waals surface area contributed by atoms with E-state index in [1.165, 1.54) is 24.7 Å². The molecule has 0 aliphatic carbocycles. The number of halogens is 3. The van der Waals surface area contributed by atoms with Gasteiger partial charge in [-0.05, 0) is 30.3 Å². The molecule has 4 nitrogen and oxygen atoms in total. The maximum absolute atomic E-state index is 13.2. The van der Waals surface area contributed by atoms with Crippen molar-refractivity contribution in [3.8, 4) is 16.9 Å². The predicted octanol–water partition coefficient (Wildman–Crippen LogP) is 3.35. The molecule has 0 amide bonds. The molecule has 0 fully saturated rings. The summed E-state index contributed by atoms with van der Waals surface area (Å²) in [5, 5.41) is 4.03. The highest BCUT2D eigenvalue weighted by atomic mass is 19.4. The minimum atomic E-state index is -4.51. The second-order valence-electron chi connectivity index (χ2n) is 4.28. The topological polar surface area (TPSA) is 43.6 Å². The molecule has 3 heterocycles. The van der Waals surface area contributed by atoms with Gasteiger partial charge < -0.3 is 0 Å². The number of aromatic nitrogens is 4. The molecule has 3 rings (SSSR count). The van der Waals surface area contributed by atoms with E-state index >= 15 is 0 Å². The van der Waals surface area contributed by atoms with Gasteiger partial charge in [-0.25, -0.2) is 4.68 Å². The standard InChI is InChI=1S/C14H9F3N4/c15-14(16,17)13-7-12(10-3-1-5-18-8-10)20-21(13)11-4-2-6-19-9-11/h1-9H. The van der Waals surface area contributed by atoms with E-state index in [9.17, 15) is 13.2 Å². The van der Waals surface area contributed by atoms with Gasteiger partial charge in [0.15, 0.2) is 0 Å². The van der Waals surface area contributed by atoms with Crippen LogP contribution in [0.4, 0.5) is 13.2 Å². The Bertz CT molecular complexity index is 736. The number of pyridine rings is 2. The minimum absolute atomic E-state index is 0.208. The summed E-state index contributed by atoms with van der Waals surface area (Å²) in [5.74, 6) is 0. The third-order valence-corrected chi connectivity index (χ3v) is 2.85. The zero-order valence-corrected chi connectivity index (χ0v) is 10.6. The quantitative estimate of drug-likeness (QED) is 0.727. The number of hydrogen-bond acceptors (Lipinski definition) is 3. The van der Waals surface area contributed by atoms with Crippen LogP contribution >= 0.6 is 0 Å². The van der Waals surface area contributed by atoms with Gasteiger partial charge in [-0.3, -0.25) is 9.97 Å². The molecule has 0 spiro atoms. The molecule has 106 valence electrons. The first-order valence-electron chi connectivity index (χ1n) is 6.04. The summed E-state index contributed by atoms with van der Waals surface area (Å²) in [5.41, 5.74) is 0.124. The smallest absolute Gasteiger partial charge is 0.264 e. The average Bonchev–Trinajstić information content (AvgIpc) is 2.94. The SMILES string of the molecule is FC(F)(F)c1cc(-c2cccnc2)nn1-c1cccnc1. The van der Waals surface area contributed by atoms with Crippen LogP contribution < -0.4 is 0 Å². The van der Waals surface area contributed by atoms with E-state index in [1.54, 1.807) is 24.4 Å². The van der Waals surface area contributed by atoms with Gasteiger partial charge >= 0.3 is 6.18 Å². The van der Waals surface area contributed by atoms with E-state index in [0.29, 0.717) is 5.56 Å². The molecule has 3 aromatic rings. The van der Waals surface area contributed by atoms with Crippen molar-refractivity contribution in [3.63, 3.8) is 0 Å². The fourth-order valence-electron chi connectivity index (χ4n) is 1.91. The Morgan fingerprint density at radius 1 is 0.952 bits per heavy atom. The zero-order chi connectivity index (χ0) is 14.9. The molecule has 7 heteroatoms. The lowest BCUT2D eigenvalue weighted by atomic mass is 10.2. The van der Waals surface area contributed by atoms with Crippen LogP contribution in [0.5, 0.6) is 0 Å². The second-order valence-corrected chi connectivity index (χ2v) is 4.28. The lowest BCUT2D eigenvalue weighted by Crippen LogP contribution is -2.13. The number of alkyl halides is 3. The minimum Gasteiger partial charge on any atom is -0.264 e. The zero-order valence-electron chi connectivity index (χ0n) is 10.6. The molecular weight excluding hydrogens is 281 g/mol. The molecule has 0 bridgehead atoms. The average molecular weight is 290 g/mol. The van der Waals surface area contributed by atoms with E-state index in [-0.39, 0.29) is 11.4 Å². The molecule has 0 N–H and O–H groups in total. The molecule has 0 aliphatic heterocycles. The van der Waals surface area contributed by atoms with Gasteiger partial charge in [-0.1, -0.05) is 0 Å². The van der Waals surface area contributed by atoms with Gasteiger partial charge in [0.2, 0.25) is 0 Å². The highest BCUT2D eigenvalue weighted by molar-refractivity contribution is 5.59. The molecule has 21 heavy (non-hydrogen) atoms. The Morgan fingerprint density at radius 3 is 2.24 bits per heavy atom. The summed E-state index contributed by atoms with van der Waals surface area (Å²) < 4.78 is 40.3. The van der Waals surface area contributed by atoms with Crippen LogP contribution in [0, 0.1) is 0 Å². The van der Waals surface area contributed by atoms with Crippen LogP contribution in [-0.4, -0.2) is 19.7 Å².